The fourth-order valence-electron chi connectivity index (χ4n) is 1.86. The van der Waals surface area contributed by atoms with Crippen LogP contribution in [0.25, 0.3) is 10.6 Å². The van der Waals surface area contributed by atoms with E-state index in [4.69, 9.17) is 9.63 Å². The second-order valence-electron chi connectivity index (χ2n) is 5.74. The maximum absolute atomic E-state index is 11.9. The molecular formula is C15H20N2O3S. The summed E-state index contributed by atoms with van der Waals surface area (Å²) in [4.78, 5) is 12.9. The summed E-state index contributed by atoms with van der Waals surface area (Å²) in [7, 11) is 0. The Morgan fingerprint density at radius 1 is 1.52 bits per heavy atom. The van der Waals surface area contributed by atoms with Gasteiger partial charge in [-0.1, -0.05) is 25.1 Å². The van der Waals surface area contributed by atoms with Gasteiger partial charge in [-0.3, -0.25) is 4.79 Å². The van der Waals surface area contributed by atoms with E-state index in [1.807, 2.05) is 31.4 Å². The Bertz CT molecular complexity index is 576. The highest BCUT2D eigenvalue weighted by atomic mass is 32.1. The third kappa shape index (κ3) is 4.41. The van der Waals surface area contributed by atoms with Gasteiger partial charge in [-0.15, -0.1) is 11.3 Å². The number of aliphatic hydroxyl groups is 1. The highest BCUT2D eigenvalue weighted by molar-refractivity contribution is 7.13. The number of carbonyl (C=O) groups is 1. The van der Waals surface area contributed by atoms with E-state index >= 15 is 0 Å². The predicted octanol–water partition coefficient (Wildman–Crippen LogP) is 2.93. The average Bonchev–Trinajstić information content (AvgIpc) is 3.13. The molecule has 2 aromatic heterocycles. The van der Waals surface area contributed by atoms with Crippen LogP contribution < -0.4 is 5.32 Å². The summed E-state index contributed by atoms with van der Waals surface area (Å²) in [5.74, 6) is 0.375. The van der Waals surface area contributed by atoms with Crippen LogP contribution in [0.3, 0.4) is 0 Å². The Hall–Kier alpha value is -1.66. The molecule has 0 atom stereocenters. The molecule has 0 aliphatic heterocycles. The SMILES string of the molecule is CC(C)(CO)CCCNC(=O)c1cc(-c2cccs2)on1. The largest absolute Gasteiger partial charge is 0.396 e. The molecule has 2 heterocycles. The second kappa shape index (κ2) is 6.87. The van der Waals surface area contributed by atoms with E-state index in [2.05, 4.69) is 10.5 Å². The first kappa shape index (κ1) is 15.7. The number of hydrogen-bond donors (Lipinski definition) is 2. The smallest absolute Gasteiger partial charge is 0.273 e. The zero-order chi connectivity index (χ0) is 15.3. The molecule has 0 saturated carbocycles. The Labute approximate surface area is 128 Å². The zero-order valence-electron chi connectivity index (χ0n) is 12.3. The summed E-state index contributed by atoms with van der Waals surface area (Å²) < 4.78 is 5.17. The summed E-state index contributed by atoms with van der Waals surface area (Å²) >= 11 is 1.54. The Morgan fingerprint density at radius 2 is 2.33 bits per heavy atom. The summed E-state index contributed by atoms with van der Waals surface area (Å²) in [5, 5.41) is 17.7. The summed E-state index contributed by atoms with van der Waals surface area (Å²) in [5.41, 5.74) is 0.185. The molecule has 6 heteroatoms. The van der Waals surface area contributed by atoms with Gasteiger partial charge in [0.05, 0.1) is 4.88 Å². The molecule has 2 rings (SSSR count). The van der Waals surface area contributed by atoms with E-state index in [9.17, 15) is 4.79 Å². The highest BCUT2D eigenvalue weighted by Crippen LogP contribution is 2.25. The normalized spacial score (nSPS) is 11.6. The van der Waals surface area contributed by atoms with Crippen molar-refractivity contribution in [1.29, 1.82) is 0 Å². The highest BCUT2D eigenvalue weighted by Gasteiger charge is 2.17. The molecule has 1 amide bonds. The number of carbonyl (C=O) groups excluding carboxylic acids is 1. The van der Waals surface area contributed by atoms with E-state index < -0.39 is 0 Å². The maximum atomic E-state index is 11.9. The summed E-state index contributed by atoms with van der Waals surface area (Å²) in [6.07, 6.45) is 1.66. The second-order valence-corrected chi connectivity index (χ2v) is 6.68. The monoisotopic (exact) mass is 308 g/mol. The third-order valence-corrected chi connectivity index (χ3v) is 4.14. The van der Waals surface area contributed by atoms with Crippen molar-refractivity contribution in [3.05, 3.63) is 29.3 Å². The number of thiophene rings is 1. The minimum atomic E-state index is -0.233. The van der Waals surface area contributed by atoms with Gasteiger partial charge in [0.2, 0.25) is 0 Å². The molecule has 5 nitrogen and oxygen atoms in total. The van der Waals surface area contributed by atoms with Crippen molar-refractivity contribution in [2.45, 2.75) is 26.7 Å². The number of aliphatic hydroxyl groups excluding tert-OH is 1. The number of nitrogens with zero attached hydrogens (tertiary/aromatic N) is 1. The van der Waals surface area contributed by atoms with Crippen molar-refractivity contribution in [1.82, 2.24) is 10.5 Å². The standard InChI is InChI=1S/C15H20N2O3S/c1-15(2,10-18)6-4-7-16-14(19)11-9-12(20-17-11)13-5-3-8-21-13/h3,5,8-9,18H,4,6-7,10H2,1-2H3,(H,16,19). The minimum Gasteiger partial charge on any atom is -0.396 e. The van der Waals surface area contributed by atoms with Crippen LogP contribution in [0.4, 0.5) is 0 Å². The van der Waals surface area contributed by atoms with Crippen LogP contribution in [0.1, 0.15) is 37.2 Å². The lowest BCUT2D eigenvalue weighted by Gasteiger charge is -2.20. The van der Waals surface area contributed by atoms with Gasteiger partial charge >= 0.3 is 0 Å². The van der Waals surface area contributed by atoms with Gasteiger partial charge in [-0.05, 0) is 29.7 Å². The third-order valence-electron chi connectivity index (χ3n) is 3.25. The van der Waals surface area contributed by atoms with Gasteiger partial charge in [-0.2, -0.15) is 0 Å². The van der Waals surface area contributed by atoms with Crippen LogP contribution in [0, 0.1) is 5.41 Å². The Balaban J connectivity index is 1.82. The zero-order valence-corrected chi connectivity index (χ0v) is 13.1. The first-order valence-corrected chi connectivity index (χ1v) is 7.79. The van der Waals surface area contributed by atoms with E-state index in [0.717, 1.165) is 17.7 Å². The molecule has 0 fully saturated rings. The van der Waals surface area contributed by atoms with E-state index in [1.54, 1.807) is 6.07 Å². The Kier molecular flexibility index (Phi) is 5.14. The number of rotatable bonds is 7. The quantitative estimate of drug-likeness (QED) is 0.771. The van der Waals surface area contributed by atoms with Crippen molar-refractivity contribution in [2.24, 2.45) is 5.41 Å². The van der Waals surface area contributed by atoms with E-state index in [1.165, 1.54) is 11.3 Å². The molecule has 2 N–H and O–H groups in total. The lowest BCUT2D eigenvalue weighted by molar-refractivity contribution is 0.0939. The molecule has 0 radical (unpaired) electrons. The first-order valence-electron chi connectivity index (χ1n) is 6.91. The van der Waals surface area contributed by atoms with Gasteiger partial charge in [0.15, 0.2) is 11.5 Å². The summed E-state index contributed by atoms with van der Waals surface area (Å²) in [6.45, 7) is 4.71. The Morgan fingerprint density at radius 3 is 3.00 bits per heavy atom. The molecule has 21 heavy (non-hydrogen) atoms. The van der Waals surface area contributed by atoms with Gasteiger partial charge in [-0.25, -0.2) is 0 Å². The minimum absolute atomic E-state index is 0.106. The fourth-order valence-corrected chi connectivity index (χ4v) is 2.53. The van der Waals surface area contributed by atoms with Crippen molar-refractivity contribution in [2.75, 3.05) is 13.2 Å². The van der Waals surface area contributed by atoms with Gasteiger partial charge in [0, 0.05) is 19.2 Å². The molecular weight excluding hydrogens is 288 g/mol. The predicted molar refractivity (Wildman–Crippen MR) is 82.3 cm³/mol. The van der Waals surface area contributed by atoms with Crippen LogP contribution in [-0.2, 0) is 0 Å². The van der Waals surface area contributed by atoms with Gasteiger partial charge in [0.25, 0.3) is 5.91 Å². The topological polar surface area (TPSA) is 75.4 Å². The lowest BCUT2D eigenvalue weighted by atomic mass is 9.89. The number of nitrogens with one attached hydrogen (secondary N) is 1. The first-order chi connectivity index (χ1) is 10.0. The van der Waals surface area contributed by atoms with Crippen molar-refractivity contribution in [3.8, 4) is 10.6 Å². The van der Waals surface area contributed by atoms with Crippen LogP contribution in [0.5, 0.6) is 0 Å². The maximum Gasteiger partial charge on any atom is 0.273 e. The van der Waals surface area contributed by atoms with Gasteiger partial charge < -0.3 is 14.9 Å². The molecule has 0 bridgehead atoms. The average molecular weight is 308 g/mol. The van der Waals surface area contributed by atoms with Gasteiger partial charge in [0.1, 0.15) is 0 Å². The van der Waals surface area contributed by atoms with Crippen LogP contribution >= 0.6 is 11.3 Å². The number of aromatic nitrogens is 1. The lowest BCUT2D eigenvalue weighted by Crippen LogP contribution is -2.26. The van der Waals surface area contributed by atoms with E-state index in [0.29, 0.717) is 18.0 Å². The van der Waals surface area contributed by atoms with Crippen molar-refractivity contribution < 1.29 is 14.4 Å². The molecule has 2 aromatic rings. The summed E-state index contributed by atoms with van der Waals surface area (Å²) in [6, 6.07) is 5.49. The van der Waals surface area contributed by atoms with Crippen LogP contribution in [-0.4, -0.2) is 29.3 Å². The van der Waals surface area contributed by atoms with Crippen LogP contribution in [0.15, 0.2) is 28.1 Å². The molecule has 0 aromatic carbocycles. The molecule has 0 aliphatic rings. The molecule has 0 saturated heterocycles. The number of hydrogen-bond acceptors (Lipinski definition) is 5. The molecule has 0 unspecified atom stereocenters. The van der Waals surface area contributed by atoms with Crippen LogP contribution in [0.2, 0.25) is 0 Å². The molecule has 114 valence electrons. The molecule has 0 aliphatic carbocycles. The molecule has 0 spiro atoms. The number of amides is 1. The van der Waals surface area contributed by atoms with Crippen molar-refractivity contribution >= 4 is 17.2 Å². The van der Waals surface area contributed by atoms with E-state index in [-0.39, 0.29) is 17.9 Å². The fraction of sp³-hybridized carbons (Fsp3) is 0.467. The van der Waals surface area contributed by atoms with Crippen molar-refractivity contribution in [3.63, 3.8) is 0 Å².